The summed E-state index contributed by atoms with van der Waals surface area (Å²) in [6, 6.07) is 6.90. The lowest BCUT2D eigenvalue weighted by atomic mass is 10.3. The Morgan fingerprint density at radius 3 is 2.53 bits per heavy atom. The van der Waals surface area contributed by atoms with Crippen LogP contribution in [-0.2, 0) is 4.79 Å². The summed E-state index contributed by atoms with van der Waals surface area (Å²) in [5.41, 5.74) is 0. The third-order valence-corrected chi connectivity index (χ3v) is 2.69. The molecule has 5 heteroatoms. The summed E-state index contributed by atoms with van der Waals surface area (Å²) in [5, 5.41) is 0.640. The van der Waals surface area contributed by atoms with E-state index in [1.807, 2.05) is 6.92 Å². The minimum atomic E-state index is -0.0666. The van der Waals surface area contributed by atoms with Crippen molar-refractivity contribution in [2.24, 2.45) is 0 Å². The molecule has 0 fully saturated rings. The number of carbonyl (C=O) groups is 1. The molecule has 0 heterocycles. The Morgan fingerprint density at radius 1 is 1.35 bits per heavy atom. The van der Waals surface area contributed by atoms with Gasteiger partial charge in [-0.3, -0.25) is 4.79 Å². The minimum absolute atomic E-state index is 0.0202. The largest absolute Gasteiger partial charge is 0.484 e. The zero-order valence-corrected chi connectivity index (χ0v) is 11.2. The molecule has 0 aromatic heterocycles. The van der Waals surface area contributed by atoms with Gasteiger partial charge in [-0.25, -0.2) is 0 Å². The molecule has 17 heavy (non-hydrogen) atoms. The lowest BCUT2D eigenvalue weighted by molar-refractivity contribution is -0.132. The third kappa shape index (κ3) is 4.84. The molecule has 0 N–H and O–H groups in total. The number of rotatable bonds is 6. The molecule has 0 aliphatic heterocycles. The van der Waals surface area contributed by atoms with E-state index in [9.17, 15) is 4.79 Å². The maximum atomic E-state index is 11.7. The van der Waals surface area contributed by atoms with Crippen LogP contribution < -0.4 is 4.74 Å². The lowest BCUT2D eigenvalue weighted by Crippen LogP contribution is -2.36. The number of carbonyl (C=O) groups excluding carboxylic acids is 1. The number of amides is 1. The Balaban J connectivity index is 2.44. The highest BCUT2D eigenvalue weighted by Gasteiger charge is 2.11. The van der Waals surface area contributed by atoms with Crippen LogP contribution in [0.15, 0.2) is 24.3 Å². The fraction of sp³-hybridized carbons (Fsp3) is 0.417. The molecule has 1 amide bonds. The van der Waals surface area contributed by atoms with Crippen molar-refractivity contribution in [1.82, 2.24) is 4.90 Å². The van der Waals surface area contributed by atoms with Gasteiger partial charge < -0.3 is 9.64 Å². The molecule has 0 spiro atoms. The first kappa shape index (κ1) is 14.1. The van der Waals surface area contributed by atoms with Crippen molar-refractivity contribution in [2.45, 2.75) is 6.92 Å². The fourth-order valence-electron chi connectivity index (χ4n) is 1.33. The van der Waals surface area contributed by atoms with E-state index in [0.29, 0.717) is 29.7 Å². The first-order chi connectivity index (χ1) is 8.17. The van der Waals surface area contributed by atoms with Crippen molar-refractivity contribution >= 4 is 29.1 Å². The first-order valence-corrected chi connectivity index (χ1v) is 6.30. The van der Waals surface area contributed by atoms with Crippen LogP contribution in [0.25, 0.3) is 0 Å². The number of hydrogen-bond acceptors (Lipinski definition) is 2. The average Bonchev–Trinajstić information content (AvgIpc) is 2.35. The van der Waals surface area contributed by atoms with Crippen molar-refractivity contribution < 1.29 is 9.53 Å². The number of nitrogens with zero attached hydrogens (tertiary/aromatic N) is 1. The number of ether oxygens (including phenoxy) is 1. The second-order valence-corrected chi connectivity index (χ2v) is 4.22. The normalized spacial score (nSPS) is 10.1. The molecule has 0 aliphatic rings. The van der Waals surface area contributed by atoms with Gasteiger partial charge in [-0.15, -0.1) is 11.6 Å². The van der Waals surface area contributed by atoms with Crippen molar-refractivity contribution in [3.05, 3.63) is 29.3 Å². The molecule has 1 rings (SSSR count). The molecule has 1 aromatic rings. The summed E-state index contributed by atoms with van der Waals surface area (Å²) >= 11 is 11.3. The van der Waals surface area contributed by atoms with E-state index in [2.05, 4.69) is 0 Å². The van der Waals surface area contributed by atoms with Crippen LogP contribution in [0.1, 0.15) is 6.92 Å². The van der Waals surface area contributed by atoms with Crippen molar-refractivity contribution in [3.8, 4) is 5.75 Å². The molecule has 0 saturated heterocycles. The molecule has 0 saturated carbocycles. The molecule has 0 atom stereocenters. The monoisotopic (exact) mass is 275 g/mol. The van der Waals surface area contributed by atoms with E-state index in [1.165, 1.54) is 0 Å². The zero-order valence-electron chi connectivity index (χ0n) is 9.66. The SMILES string of the molecule is CCN(CCCl)C(=O)COc1ccc(Cl)cc1. The molecule has 1 aromatic carbocycles. The minimum Gasteiger partial charge on any atom is -0.484 e. The van der Waals surface area contributed by atoms with E-state index in [-0.39, 0.29) is 12.5 Å². The van der Waals surface area contributed by atoms with Crippen LogP contribution in [0.4, 0.5) is 0 Å². The van der Waals surface area contributed by atoms with Crippen molar-refractivity contribution in [2.75, 3.05) is 25.6 Å². The van der Waals surface area contributed by atoms with Gasteiger partial charge in [-0.2, -0.15) is 0 Å². The fourth-order valence-corrected chi connectivity index (χ4v) is 1.66. The van der Waals surface area contributed by atoms with Gasteiger partial charge in [-0.05, 0) is 31.2 Å². The maximum Gasteiger partial charge on any atom is 0.260 e. The van der Waals surface area contributed by atoms with Crippen LogP contribution in [0.3, 0.4) is 0 Å². The Morgan fingerprint density at radius 2 is 2.00 bits per heavy atom. The van der Waals surface area contributed by atoms with E-state index in [4.69, 9.17) is 27.9 Å². The Hall–Kier alpha value is -0.930. The predicted molar refractivity (Wildman–Crippen MR) is 69.9 cm³/mol. The van der Waals surface area contributed by atoms with Gasteiger partial charge in [0.25, 0.3) is 5.91 Å². The number of hydrogen-bond donors (Lipinski definition) is 0. The number of alkyl halides is 1. The summed E-state index contributed by atoms with van der Waals surface area (Å²) < 4.78 is 5.36. The topological polar surface area (TPSA) is 29.5 Å². The van der Waals surface area contributed by atoms with Crippen LogP contribution in [0.5, 0.6) is 5.75 Å². The highest BCUT2D eigenvalue weighted by molar-refractivity contribution is 6.30. The second kappa shape index (κ2) is 7.41. The van der Waals surface area contributed by atoms with Crippen LogP contribution in [0.2, 0.25) is 5.02 Å². The van der Waals surface area contributed by atoms with E-state index in [0.717, 1.165) is 0 Å². The number of halogens is 2. The van der Waals surface area contributed by atoms with Crippen molar-refractivity contribution in [3.63, 3.8) is 0 Å². The van der Waals surface area contributed by atoms with Gasteiger partial charge in [0.15, 0.2) is 6.61 Å². The summed E-state index contributed by atoms with van der Waals surface area (Å²) in [6.45, 7) is 3.11. The Labute approximate surface area is 111 Å². The van der Waals surface area contributed by atoms with Gasteiger partial charge >= 0.3 is 0 Å². The maximum absolute atomic E-state index is 11.7. The van der Waals surface area contributed by atoms with E-state index in [1.54, 1.807) is 29.2 Å². The molecule has 0 unspecified atom stereocenters. The highest BCUT2D eigenvalue weighted by Crippen LogP contribution is 2.15. The molecule has 3 nitrogen and oxygen atoms in total. The van der Waals surface area contributed by atoms with Crippen LogP contribution in [0, 0.1) is 0 Å². The quantitative estimate of drug-likeness (QED) is 0.748. The van der Waals surface area contributed by atoms with Crippen LogP contribution >= 0.6 is 23.2 Å². The number of benzene rings is 1. The predicted octanol–water partition coefficient (Wildman–Crippen LogP) is 2.81. The molecule has 0 bridgehead atoms. The van der Waals surface area contributed by atoms with Crippen molar-refractivity contribution in [1.29, 1.82) is 0 Å². The van der Waals surface area contributed by atoms with Gasteiger partial charge in [0.1, 0.15) is 5.75 Å². The Kier molecular flexibility index (Phi) is 6.16. The van der Waals surface area contributed by atoms with Gasteiger partial charge in [-0.1, -0.05) is 11.6 Å². The summed E-state index contributed by atoms with van der Waals surface area (Å²) in [7, 11) is 0. The third-order valence-electron chi connectivity index (χ3n) is 2.26. The second-order valence-electron chi connectivity index (χ2n) is 3.40. The standard InChI is InChI=1S/C12H15Cl2NO2/c1-2-15(8-7-13)12(16)9-17-11-5-3-10(14)4-6-11/h3-6H,2,7-9H2,1H3. The highest BCUT2D eigenvalue weighted by atomic mass is 35.5. The van der Waals surface area contributed by atoms with E-state index >= 15 is 0 Å². The first-order valence-electron chi connectivity index (χ1n) is 5.39. The summed E-state index contributed by atoms with van der Waals surface area (Å²) in [4.78, 5) is 13.4. The Bertz CT molecular complexity index is 354. The van der Waals surface area contributed by atoms with Gasteiger partial charge in [0, 0.05) is 24.0 Å². The van der Waals surface area contributed by atoms with E-state index < -0.39 is 0 Å². The molecule has 0 aliphatic carbocycles. The molecular weight excluding hydrogens is 261 g/mol. The lowest BCUT2D eigenvalue weighted by Gasteiger charge is -2.19. The number of likely N-dealkylation sites (N-methyl/N-ethyl adjacent to an activating group) is 1. The molecular formula is C12H15Cl2NO2. The zero-order chi connectivity index (χ0) is 12.7. The summed E-state index contributed by atoms with van der Waals surface area (Å²) in [6.07, 6.45) is 0. The molecule has 94 valence electrons. The summed E-state index contributed by atoms with van der Waals surface area (Å²) in [5.74, 6) is 0.994. The van der Waals surface area contributed by atoms with Gasteiger partial charge in [0.05, 0.1) is 0 Å². The smallest absolute Gasteiger partial charge is 0.260 e. The van der Waals surface area contributed by atoms with Crippen LogP contribution in [-0.4, -0.2) is 36.4 Å². The molecule has 0 radical (unpaired) electrons. The average molecular weight is 276 g/mol. The van der Waals surface area contributed by atoms with Gasteiger partial charge in [0.2, 0.25) is 0 Å².